The van der Waals surface area contributed by atoms with Crippen LogP contribution in [-0.2, 0) is 4.74 Å². The van der Waals surface area contributed by atoms with E-state index in [2.05, 4.69) is 0 Å². The number of nitrogens with zero attached hydrogens (tertiary/aromatic N) is 3. The lowest BCUT2D eigenvalue weighted by Gasteiger charge is -2.25. The Morgan fingerprint density at radius 2 is 1.88 bits per heavy atom. The summed E-state index contributed by atoms with van der Waals surface area (Å²) in [5.41, 5.74) is 1.81. The molecule has 0 spiro atoms. The van der Waals surface area contributed by atoms with Crippen molar-refractivity contribution in [1.29, 1.82) is 0 Å². The molecule has 0 radical (unpaired) electrons. The standard InChI is InChI=1S/C18H20ClN3O3/c1-21-7-6-14(12-2-4-13(19)5-3-12)15-16(17(21)23)25-18(20-15)22-8-10-24-11-9-22/h2-5,14H,6-11H2,1H3. The van der Waals surface area contributed by atoms with Crippen LogP contribution in [0.5, 0.6) is 0 Å². The number of hydrogen-bond acceptors (Lipinski definition) is 5. The summed E-state index contributed by atoms with van der Waals surface area (Å²) >= 11 is 6.02. The maximum Gasteiger partial charge on any atom is 0.298 e. The Morgan fingerprint density at radius 3 is 2.60 bits per heavy atom. The highest BCUT2D eigenvalue weighted by molar-refractivity contribution is 6.30. The smallest absolute Gasteiger partial charge is 0.298 e. The van der Waals surface area contributed by atoms with Gasteiger partial charge in [0, 0.05) is 37.6 Å². The summed E-state index contributed by atoms with van der Waals surface area (Å²) in [7, 11) is 1.80. The molecule has 0 bridgehead atoms. The molecule has 7 heteroatoms. The summed E-state index contributed by atoms with van der Waals surface area (Å²) in [6.07, 6.45) is 0.798. The van der Waals surface area contributed by atoms with Gasteiger partial charge in [-0.05, 0) is 24.1 Å². The molecule has 1 saturated heterocycles. The second-order valence-corrected chi connectivity index (χ2v) is 6.87. The van der Waals surface area contributed by atoms with Crippen LogP contribution in [-0.4, -0.2) is 55.7 Å². The number of anilines is 1. The van der Waals surface area contributed by atoms with E-state index in [1.807, 2.05) is 29.2 Å². The lowest BCUT2D eigenvalue weighted by molar-refractivity contribution is 0.0768. The Balaban J connectivity index is 1.75. The number of fused-ring (bicyclic) bond motifs is 1. The van der Waals surface area contributed by atoms with Gasteiger partial charge in [0.15, 0.2) is 0 Å². The van der Waals surface area contributed by atoms with E-state index in [4.69, 9.17) is 25.7 Å². The molecule has 1 unspecified atom stereocenters. The van der Waals surface area contributed by atoms with Gasteiger partial charge in [0.25, 0.3) is 11.9 Å². The fraction of sp³-hybridized carbons (Fsp3) is 0.444. The van der Waals surface area contributed by atoms with E-state index in [1.165, 1.54) is 0 Å². The molecule has 2 aromatic rings. The predicted octanol–water partition coefficient (Wildman–Crippen LogP) is 2.77. The Labute approximate surface area is 151 Å². The molecule has 2 aliphatic rings. The fourth-order valence-corrected chi connectivity index (χ4v) is 3.48. The predicted molar refractivity (Wildman–Crippen MR) is 94.4 cm³/mol. The van der Waals surface area contributed by atoms with Gasteiger partial charge in [-0.15, -0.1) is 0 Å². The van der Waals surface area contributed by atoms with Gasteiger partial charge in [-0.1, -0.05) is 23.7 Å². The van der Waals surface area contributed by atoms with Crippen molar-refractivity contribution < 1.29 is 13.9 Å². The molecule has 3 heterocycles. The molecule has 6 nitrogen and oxygen atoms in total. The number of carbonyl (C=O) groups excluding carboxylic acids is 1. The molecule has 132 valence electrons. The first-order valence-corrected chi connectivity index (χ1v) is 8.85. The first kappa shape index (κ1) is 16.4. The van der Waals surface area contributed by atoms with Crippen LogP contribution in [0.25, 0.3) is 0 Å². The third-order valence-electron chi connectivity index (χ3n) is 4.82. The molecule has 0 aliphatic carbocycles. The number of amides is 1. The van der Waals surface area contributed by atoms with Gasteiger partial charge >= 0.3 is 0 Å². The number of hydrogen-bond donors (Lipinski definition) is 0. The van der Waals surface area contributed by atoms with E-state index in [9.17, 15) is 4.79 Å². The highest BCUT2D eigenvalue weighted by Gasteiger charge is 2.34. The van der Waals surface area contributed by atoms with Crippen LogP contribution < -0.4 is 4.90 Å². The Bertz CT molecular complexity index is 768. The van der Waals surface area contributed by atoms with E-state index in [0.29, 0.717) is 36.6 Å². The molecule has 1 amide bonds. The second kappa shape index (κ2) is 6.69. The monoisotopic (exact) mass is 361 g/mol. The minimum atomic E-state index is -0.113. The number of aromatic nitrogens is 1. The number of benzene rings is 1. The van der Waals surface area contributed by atoms with Crippen molar-refractivity contribution >= 4 is 23.5 Å². The summed E-state index contributed by atoms with van der Waals surface area (Å²) in [4.78, 5) is 21.1. The van der Waals surface area contributed by atoms with Gasteiger partial charge in [-0.25, -0.2) is 0 Å². The van der Waals surface area contributed by atoms with Crippen LogP contribution in [0.2, 0.25) is 5.02 Å². The number of carbonyl (C=O) groups is 1. The Morgan fingerprint density at radius 1 is 1.16 bits per heavy atom. The topological polar surface area (TPSA) is 58.8 Å². The van der Waals surface area contributed by atoms with Crippen LogP contribution >= 0.6 is 11.6 Å². The number of ether oxygens (including phenoxy) is 1. The second-order valence-electron chi connectivity index (χ2n) is 6.43. The molecule has 1 atom stereocenters. The minimum Gasteiger partial charge on any atom is -0.418 e. The normalized spacial score (nSPS) is 21.2. The maximum atomic E-state index is 12.7. The minimum absolute atomic E-state index is 0.0136. The highest BCUT2D eigenvalue weighted by atomic mass is 35.5. The van der Waals surface area contributed by atoms with E-state index < -0.39 is 0 Å². The zero-order valence-corrected chi connectivity index (χ0v) is 14.8. The Hall–Kier alpha value is -2.05. The summed E-state index contributed by atoms with van der Waals surface area (Å²) < 4.78 is 11.3. The van der Waals surface area contributed by atoms with Gasteiger partial charge in [0.2, 0.25) is 5.76 Å². The number of morpholine rings is 1. The van der Waals surface area contributed by atoms with Crippen molar-refractivity contribution in [2.24, 2.45) is 0 Å². The molecular weight excluding hydrogens is 342 g/mol. The zero-order valence-electron chi connectivity index (χ0n) is 14.1. The molecular formula is C18H20ClN3O3. The first-order chi connectivity index (χ1) is 12.1. The highest BCUT2D eigenvalue weighted by Crippen LogP contribution is 2.36. The summed E-state index contributed by atoms with van der Waals surface area (Å²) in [6, 6.07) is 8.24. The lowest BCUT2D eigenvalue weighted by atomic mass is 9.92. The molecule has 1 fully saturated rings. The van der Waals surface area contributed by atoms with Gasteiger partial charge in [0.05, 0.1) is 13.2 Å². The van der Waals surface area contributed by atoms with Crippen molar-refractivity contribution in [2.75, 3.05) is 44.8 Å². The zero-order chi connectivity index (χ0) is 17.4. The number of rotatable bonds is 2. The van der Waals surface area contributed by atoms with Gasteiger partial charge in [-0.3, -0.25) is 4.79 Å². The van der Waals surface area contributed by atoms with E-state index in [1.54, 1.807) is 11.9 Å². The van der Waals surface area contributed by atoms with Gasteiger partial charge < -0.3 is 19.0 Å². The molecule has 1 aromatic carbocycles. The molecule has 0 saturated carbocycles. The van der Waals surface area contributed by atoms with Crippen molar-refractivity contribution in [3.8, 4) is 0 Å². The molecule has 2 aliphatic heterocycles. The number of halogens is 1. The van der Waals surface area contributed by atoms with Crippen LogP contribution in [0.1, 0.15) is 34.2 Å². The third kappa shape index (κ3) is 3.12. The lowest BCUT2D eigenvalue weighted by Crippen LogP contribution is -2.36. The summed E-state index contributed by atoms with van der Waals surface area (Å²) in [5.74, 6) is 0.250. The fourth-order valence-electron chi connectivity index (χ4n) is 3.35. The molecule has 25 heavy (non-hydrogen) atoms. The van der Waals surface area contributed by atoms with Crippen LogP contribution in [0.15, 0.2) is 28.7 Å². The van der Waals surface area contributed by atoms with Gasteiger partial charge in [-0.2, -0.15) is 4.98 Å². The summed E-state index contributed by atoms with van der Waals surface area (Å²) in [5, 5.41) is 0.694. The maximum absolute atomic E-state index is 12.7. The summed E-state index contributed by atoms with van der Waals surface area (Å²) in [6.45, 7) is 3.37. The van der Waals surface area contributed by atoms with E-state index in [0.717, 1.165) is 30.8 Å². The van der Waals surface area contributed by atoms with Crippen LogP contribution in [0, 0.1) is 0 Å². The average molecular weight is 362 g/mol. The first-order valence-electron chi connectivity index (χ1n) is 8.48. The van der Waals surface area contributed by atoms with Crippen molar-refractivity contribution in [3.63, 3.8) is 0 Å². The Kier molecular flexibility index (Phi) is 4.39. The average Bonchev–Trinajstić information content (AvgIpc) is 3.04. The molecule has 1 aromatic heterocycles. The molecule has 4 rings (SSSR count). The van der Waals surface area contributed by atoms with E-state index >= 15 is 0 Å². The largest absolute Gasteiger partial charge is 0.418 e. The van der Waals surface area contributed by atoms with Crippen LogP contribution in [0.3, 0.4) is 0 Å². The van der Waals surface area contributed by atoms with Gasteiger partial charge in [0.1, 0.15) is 5.69 Å². The van der Waals surface area contributed by atoms with Crippen molar-refractivity contribution in [2.45, 2.75) is 12.3 Å². The number of oxazole rings is 1. The van der Waals surface area contributed by atoms with E-state index in [-0.39, 0.29) is 11.8 Å². The van der Waals surface area contributed by atoms with Crippen molar-refractivity contribution in [1.82, 2.24) is 9.88 Å². The van der Waals surface area contributed by atoms with Crippen molar-refractivity contribution in [3.05, 3.63) is 46.3 Å². The molecule has 0 N–H and O–H groups in total. The SMILES string of the molecule is CN1CCC(c2ccc(Cl)cc2)c2nc(N3CCOCC3)oc2C1=O. The third-order valence-corrected chi connectivity index (χ3v) is 5.07. The quantitative estimate of drug-likeness (QED) is 0.823. The van der Waals surface area contributed by atoms with Crippen LogP contribution in [0.4, 0.5) is 6.01 Å².